The monoisotopic (exact) mass is 265 g/mol. The summed E-state index contributed by atoms with van der Waals surface area (Å²) in [5.74, 6) is 3.25. The first-order chi connectivity index (χ1) is 9.92. The third-order valence-electron chi connectivity index (χ3n) is 5.91. The maximum absolute atomic E-state index is 4.64. The van der Waals surface area contributed by atoms with Crippen molar-refractivity contribution in [3.05, 3.63) is 48.0 Å². The largest absolute Gasteiger partial charge is 0.269 e. The molecule has 0 N–H and O–H groups in total. The summed E-state index contributed by atoms with van der Waals surface area (Å²) in [5.41, 5.74) is 1.34. The van der Waals surface area contributed by atoms with Crippen LogP contribution in [0.2, 0.25) is 0 Å². The Morgan fingerprint density at radius 1 is 1.10 bits per heavy atom. The van der Waals surface area contributed by atoms with E-state index in [1.807, 2.05) is 0 Å². The normalized spacial score (nSPS) is 43.3. The Kier molecular flexibility index (Phi) is 2.18. The number of allylic oxidation sites excluding steroid dienone is 2. The fraction of sp³-hybridized carbons (Fsp3) is 0.529. The molecule has 5 rings (SSSR count). The number of fused-ring (bicyclic) bond motifs is 8. The van der Waals surface area contributed by atoms with Crippen molar-refractivity contribution < 1.29 is 0 Å². The smallest absolute Gasteiger partial charge is 0.0983 e. The van der Waals surface area contributed by atoms with Gasteiger partial charge in [0.25, 0.3) is 0 Å². The van der Waals surface area contributed by atoms with Gasteiger partial charge in [0.15, 0.2) is 0 Å². The molecular formula is C17H19N3. The van der Waals surface area contributed by atoms with E-state index in [0.29, 0.717) is 12.1 Å². The van der Waals surface area contributed by atoms with E-state index in [2.05, 4.69) is 57.8 Å². The van der Waals surface area contributed by atoms with E-state index in [1.54, 1.807) is 0 Å². The zero-order chi connectivity index (χ0) is 13.1. The number of rotatable bonds is 2. The molecule has 0 saturated heterocycles. The lowest BCUT2D eigenvalue weighted by Crippen LogP contribution is -2.44. The topological polar surface area (TPSA) is 28.0 Å². The van der Waals surface area contributed by atoms with Gasteiger partial charge in [0.05, 0.1) is 18.6 Å². The summed E-state index contributed by atoms with van der Waals surface area (Å²) in [7, 11) is 0. The predicted octanol–water partition coefficient (Wildman–Crippen LogP) is 3.45. The van der Waals surface area contributed by atoms with Crippen LogP contribution >= 0.6 is 0 Å². The molecule has 1 aromatic rings. The Balaban J connectivity index is 1.42. The number of hydrogen-bond donors (Lipinski definition) is 0. The van der Waals surface area contributed by atoms with E-state index >= 15 is 0 Å². The third-order valence-corrected chi connectivity index (χ3v) is 5.91. The van der Waals surface area contributed by atoms with Crippen LogP contribution in [-0.4, -0.2) is 17.1 Å². The summed E-state index contributed by atoms with van der Waals surface area (Å²) in [6, 6.07) is 11.7. The van der Waals surface area contributed by atoms with Crippen molar-refractivity contribution in [3.63, 3.8) is 0 Å². The molecule has 3 heteroatoms. The Bertz CT molecular complexity index is 579. The van der Waals surface area contributed by atoms with Crippen LogP contribution in [0.25, 0.3) is 0 Å². The van der Waals surface area contributed by atoms with Crippen LogP contribution in [0, 0.1) is 23.7 Å². The van der Waals surface area contributed by atoms with E-state index in [-0.39, 0.29) is 0 Å². The second-order valence-electron chi connectivity index (χ2n) is 6.74. The highest BCUT2D eigenvalue weighted by Gasteiger charge is 2.61. The standard InChI is InChI=1S/C17H19N3/c1-2-5-11(6-3-1)10-20-17-15-9-14(16(17)18-19-20)12-7-4-8-13(12)15/h1-6,8,12-17H,7,9-10H2/t12-,13+,14+,15+,16+,17+/m0/s1. The van der Waals surface area contributed by atoms with Gasteiger partial charge in [-0.05, 0) is 42.1 Å². The van der Waals surface area contributed by atoms with Gasteiger partial charge in [-0.15, -0.1) is 0 Å². The summed E-state index contributed by atoms with van der Waals surface area (Å²) in [6.07, 6.45) is 7.53. The molecule has 20 heavy (non-hydrogen) atoms. The number of benzene rings is 1. The molecule has 102 valence electrons. The van der Waals surface area contributed by atoms with E-state index < -0.39 is 0 Å². The second-order valence-corrected chi connectivity index (χ2v) is 6.74. The lowest BCUT2D eigenvalue weighted by molar-refractivity contribution is 0.119. The van der Waals surface area contributed by atoms with Gasteiger partial charge in [0, 0.05) is 0 Å². The molecule has 3 nitrogen and oxygen atoms in total. The molecule has 1 aromatic carbocycles. The molecule has 2 bridgehead atoms. The van der Waals surface area contributed by atoms with E-state index in [0.717, 1.165) is 30.2 Å². The van der Waals surface area contributed by atoms with Gasteiger partial charge in [-0.1, -0.05) is 47.7 Å². The molecule has 4 aliphatic rings. The molecule has 1 aliphatic heterocycles. The van der Waals surface area contributed by atoms with Gasteiger partial charge in [-0.2, -0.15) is 5.11 Å². The number of nitrogens with zero attached hydrogens (tertiary/aromatic N) is 3. The lowest BCUT2D eigenvalue weighted by atomic mass is 9.76. The highest BCUT2D eigenvalue weighted by Crippen LogP contribution is 2.60. The molecule has 2 fully saturated rings. The zero-order valence-corrected chi connectivity index (χ0v) is 11.5. The van der Waals surface area contributed by atoms with Gasteiger partial charge >= 0.3 is 0 Å². The van der Waals surface area contributed by atoms with Crippen molar-refractivity contribution in [1.82, 2.24) is 5.01 Å². The van der Waals surface area contributed by atoms with E-state index in [1.165, 1.54) is 18.4 Å². The highest BCUT2D eigenvalue weighted by molar-refractivity contribution is 5.22. The minimum atomic E-state index is 0.477. The maximum Gasteiger partial charge on any atom is 0.0983 e. The van der Waals surface area contributed by atoms with Gasteiger partial charge in [-0.25, -0.2) is 0 Å². The molecule has 6 atom stereocenters. The molecule has 0 radical (unpaired) electrons. The lowest BCUT2D eigenvalue weighted by Gasteiger charge is -2.35. The highest BCUT2D eigenvalue weighted by atomic mass is 15.6. The summed E-state index contributed by atoms with van der Waals surface area (Å²) in [4.78, 5) is 0. The average Bonchev–Trinajstić information content (AvgIpc) is 3.18. The Hall–Kier alpha value is -1.64. The molecule has 0 unspecified atom stereocenters. The maximum atomic E-state index is 4.64. The summed E-state index contributed by atoms with van der Waals surface area (Å²) in [6.45, 7) is 0.913. The third kappa shape index (κ3) is 1.36. The molecular weight excluding hydrogens is 246 g/mol. The summed E-state index contributed by atoms with van der Waals surface area (Å²) in [5, 5.41) is 11.4. The van der Waals surface area contributed by atoms with Gasteiger partial charge < -0.3 is 0 Å². The van der Waals surface area contributed by atoms with Crippen LogP contribution in [0.4, 0.5) is 0 Å². The SMILES string of the molecule is C1=C[C@H]2[C@H]3C[C@H]([C@H]2C1)[C@H]1N=NN(Cc2ccccc2)[C@H]31. The van der Waals surface area contributed by atoms with Crippen LogP contribution in [0.3, 0.4) is 0 Å². The fourth-order valence-electron chi connectivity index (χ4n) is 5.17. The van der Waals surface area contributed by atoms with Crippen LogP contribution in [-0.2, 0) is 6.54 Å². The van der Waals surface area contributed by atoms with Gasteiger partial charge in [0.2, 0.25) is 0 Å². The van der Waals surface area contributed by atoms with Crippen LogP contribution in [0.5, 0.6) is 0 Å². The Labute approximate surface area is 119 Å². The Morgan fingerprint density at radius 3 is 2.90 bits per heavy atom. The fourth-order valence-corrected chi connectivity index (χ4v) is 5.17. The molecule has 0 aromatic heterocycles. The first-order valence-electron chi connectivity index (χ1n) is 7.80. The van der Waals surface area contributed by atoms with E-state index in [4.69, 9.17) is 0 Å². The minimum Gasteiger partial charge on any atom is -0.269 e. The van der Waals surface area contributed by atoms with Crippen molar-refractivity contribution in [2.75, 3.05) is 0 Å². The molecule has 2 saturated carbocycles. The molecule has 3 aliphatic carbocycles. The quantitative estimate of drug-likeness (QED) is 0.753. The van der Waals surface area contributed by atoms with Gasteiger partial charge in [0.1, 0.15) is 0 Å². The van der Waals surface area contributed by atoms with Crippen LogP contribution < -0.4 is 0 Å². The predicted molar refractivity (Wildman–Crippen MR) is 76.8 cm³/mol. The van der Waals surface area contributed by atoms with E-state index in [9.17, 15) is 0 Å². The van der Waals surface area contributed by atoms with Crippen molar-refractivity contribution in [2.45, 2.75) is 31.5 Å². The van der Waals surface area contributed by atoms with Crippen molar-refractivity contribution in [2.24, 2.45) is 34.0 Å². The molecule has 0 amide bonds. The molecule has 0 spiro atoms. The van der Waals surface area contributed by atoms with Crippen LogP contribution in [0.1, 0.15) is 18.4 Å². The van der Waals surface area contributed by atoms with Crippen molar-refractivity contribution >= 4 is 0 Å². The Morgan fingerprint density at radius 2 is 2.00 bits per heavy atom. The minimum absolute atomic E-state index is 0.477. The number of hydrogen-bond acceptors (Lipinski definition) is 3. The first kappa shape index (κ1) is 11.1. The van der Waals surface area contributed by atoms with Crippen molar-refractivity contribution in [1.29, 1.82) is 0 Å². The van der Waals surface area contributed by atoms with Crippen molar-refractivity contribution in [3.8, 4) is 0 Å². The van der Waals surface area contributed by atoms with Gasteiger partial charge in [-0.3, -0.25) is 5.01 Å². The summed E-state index contributed by atoms with van der Waals surface area (Å²) < 4.78 is 0. The molecule has 1 heterocycles. The second kappa shape index (κ2) is 3.94. The van der Waals surface area contributed by atoms with Crippen LogP contribution in [0.15, 0.2) is 52.8 Å². The first-order valence-corrected chi connectivity index (χ1v) is 7.80. The zero-order valence-electron chi connectivity index (χ0n) is 11.5. The average molecular weight is 265 g/mol. The summed E-state index contributed by atoms with van der Waals surface area (Å²) >= 11 is 0.